The van der Waals surface area contributed by atoms with Gasteiger partial charge in [0, 0.05) is 20.7 Å². The maximum Gasteiger partial charge on any atom is 0.0559 e. The molecule has 0 saturated carbocycles. The Morgan fingerprint density at radius 1 is 1.44 bits per heavy atom. The highest BCUT2D eigenvalue weighted by molar-refractivity contribution is 9.10. The minimum Gasteiger partial charge on any atom is -0.317 e. The molecule has 1 aromatic rings. The number of hydrogen-bond donors (Lipinski definition) is 1. The summed E-state index contributed by atoms with van der Waals surface area (Å²) < 4.78 is 13.2. The van der Waals surface area contributed by atoms with E-state index >= 15 is 0 Å². The molecule has 0 fully saturated rings. The normalized spacial score (nSPS) is 16.8. The summed E-state index contributed by atoms with van der Waals surface area (Å²) in [5, 5.41) is 3.33. The smallest absolute Gasteiger partial charge is 0.0559 e. The van der Waals surface area contributed by atoms with Crippen molar-refractivity contribution in [1.29, 1.82) is 0 Å². The second kappa shape index (κ2) is 6.52. The summed E-state index contributed by atoms with van der Waals surface area (Å²) in [6, 6.07) is 8.11. The van der Waals surface area contributed by atoms with E-state index in [1.54, 1.807) is 0 Å². The molecular formula is C12H18BrNOS. The second-order valence-electron chi connectivity index (χ2n) is 3.99. The first-order valence-corrected chi connectivity index (χ1v) is 7.38. The van der Waals surface area contributed by atoms with Gasteiger partial charge < -0.3 is 5.32 Å². The van der Waals surface area contributed by atoms with E-state index in [1.165, 1.54) is 0 Å². The molecule has 1 N–H and O–H groups in total. The maximum atomic E-state index is 12.2. The van der Waals surface area contributed by atoms with Crippen molar-refractivity contribution in [3.63, 3.8) is 0 Å². The number of hydrogen-bond acceptors (Lipinski definition) is 2. The Labute approximate surface area is 108 Å². The Morgan fingerprint density at radius 3 is 2.69 bits per heavy atom. The maximum absolute atomic E-state index is 12.2. The number of benzene rings is 1. The molecule has 1 aromatic carbocycles. The average Bonchev–Trinajstić information content (AvgIpc) is 2.27. The van der Waals surface area contributed by atoms with Crippen molar-refractivity contribution in [2.24, 2.45) is 0 Å². The molecule has 0 saturated heterocycles. The molecule has 3 atom stereocenters. The van der Waals surface area contributed by atoms with Gasteiger partial charge in [-0.25, -0.2) is 0 Å². The van der Waals surface area contributed by atoms with Gasteiger partial charge in [-0.15, -0.1) is 0 Å². The van der Waals surface area contributed by atoms with Crippen LogP contribution in [0.25, 0.3) is 0 Å². The van der Waals surface area contributed by atoms with Crippen molar-refractivity contribution < 1.29 is 4.21 Å². The molecular weight excluding hydrogens is 286 g/mol. The molecule has 0 heterocycles. The van der Waals surface area contributed by atoms with Crippen molar-refractivity contribution in [1.82, 2.24) is 5.32 Å². The van der Waals surface area contributed by atoms with E-state index in [1.807, 2.05) is 38.2 Å². The highest BCUT2D eigenvalue weighted by atomic mass is 79.9. The summed E-state index contributed by atoms with van der Waals surface area (Å²) in [7, 11) is 0.999. The highest BCUT2D eigenvalue weighted by Crippen LogP contribution is 2.19. The van der Waals surface area contributed by atoms with Gasteiger partial charge in [0.2, 0.25) is 0 Å². The summed E-state index contributed by atoms with van der Waals surface area (Å²) in [5.41, 5.74) is 0. The summed E-state index contributed by atoms with van der Waals surface area (Å²) in [4.78, 5) is 0.894. The van der Waals surface area contributed by atoms with Crippen LogP contribution in [0.5, 0.6) is 0 Å². The third-order valence-electron chi connectivity index (χ3n) is 2.57. The molecule has 0 radical (unpaired) electrons. The lowest BCUT2D eigenvalue weighted by Crippen LogP contribution is -2.27. The Kier molecular flexibility index (Phi) is 5.66. The van der Waals surface area contributed by atoms with E-state index in [0.717, 1.165) is 15.8 Å². The van der Waals surface area contributed by atoms with Crippen molar-refractivity contribution in [3.8, 4) is 0 Å². The van der Waals surface area contributed by atoms with Crippen LogP contribution in [0.15, 0.2) is 33.6 Å². The first-order chi connectivity index (χ1) is 7.54. The quantitative estimate of drug-likeness (QED) is 0.906. The highest BCUT2D eigenvalue weighted by Gasteiger charge is 2.15. The first kappa shape index (κ1) is 13.9. The van der Waals surface area contributed by atoms with Gasteiger partial charge in [-0.05, 0) is 38.6 Å². The van der Waals surface area contributed by atoms with Crippen LogP contribution in [-0.2, 0) is 10.8 Å². The lowest BCUT2D eigenvalue weighted by atomic mass is 10.2. The number of rotatable bonds is 5. The Bertz CT molecular complexity index is 370. The summed E-state index contributed by atoms with van der Waals surface area (Å²) >= 11 is 3.40. The molecule has 0 bridgehead atoms. The molecule has 0 spiro atoms. The monoisotopic (exact) mass is 303 g/mol. The topological polar surface area (TPSA) is 29.1 Å². The lowest BCUT2D eigenvalue weighted by Gasteiger charge is -2.16. The van der Waals surface area contributed by atoms with Crippen molar-refractivity contribution in [3.05, 3.63) is 28.7 Å². The van der Waals surface area contributed by atoms with Crippen LogP contribution in [0.1, 0.15) is 20.3 Å². The van der Waals surface area contributed by atoms with Gasteiger partial charge >= 0.3 is 0 Å². The van der Waals surface area contributed by atoms with E-state index in [0.29, 0.717) is 6.04 Å². The predicted octanol–water partition coefficient (Wildman–Crippen LogP) is 2.94. The molecule has 4 heteroatoms. The summed E-state index contributed by atoms with van der Waals surface area (Å²) in [6.45, 7) is 4.14. The van der Waals surface area contributed by atoms with E-state index in [4.69, 9.17) is 0 Å². The zero-order chi connectivity index (χ0) is 12.1. The zero-order valence-corrected chi connectivity index (χ0v) is 12.3. The van der Waals surface area contributed by atoms with E-state index < -0.39 is 10.8 Å². The van der Waals surface area contributed by atoms with Crippen LogP contribution < -0.4 is 5.32 Å². The fourth-order valence-electron chi connectivity index (χ4n) is 1.53. The molecule has 1 rings (SSSR count). The van der Waals surface area contributed by atoms with Crippen molar-refractivity contribution in [2.75, 3.05) is 7.05 Å². The van der Waals surface area contributed by atoms with E-state index in [2.05, 4.69) is 28.2 Å². The molecule has 2 nitrogen and oxygen atoms in total. The summed E-state index contributed by atoms with van der Waals surface area (Å²) in [5.74, 6) is 0. The molecule has 3 unspecified atom stereocenters. The number of halogens is 1. The van der Waals surface area contributed by atoms with Crippen molar-refractivity contribution >= 4 is 26.7 Å². The zero-order valence-electron chi connectivity index (χ0n) is 9.87. The Balaban J connectivity index is 2.70. The molecule has 90 valence electrons. The van der Waals surface area contributed by atoms with E-state index in [-0.39, 0.29) is 5.25 Å². The third kappa shape index (κ3) is 4.00. The second-order valence-corrected chi connectivity index (χ2v) is 6.78. The molecule has 0 aromatic heterocycles. The SMILES string of the molecule is CNC(C)CC(C)S(=O)c1cccc(Br)c1. The van der Waals surface area contributed by atoms with E-state index in [9.17, 15) is 4.21 Å². The molecule has 16 heavy (non-hydrogen) atoms. The molecule has 0 aliphatic carbocycles. The minimum atomic E-state index is -0.931. The van der Waals surface area contributed by atoms with Gasteiger partial charge in [-0.3, -0.25) is 4.21 Å². The molecule has 0 amide bonds. The Morgan fingerprint density at radius 2 is 2.12 bits per heavy atom. The van der Waals surface area contributed by atoms with Gasteiger partial charge in [0.25, 0.3) is 0 Å². The standard InChI is InChI=1S/C12H18BrNOS/c1-9(14-3)7-10(2)16(15)12-6-4-5-11(13)8-12/h4-6,8-10,14H,7H2,1-3H3. The largest absolute Gasteiger partial charge is 0.317 e. The first-order valence-electron chi connectivity index (χ1n) is 5.38. The summed E-state index contributed by atoms with van der Waals surface area (Å²) in [6.07, 6.45) is 0.912. The van der Waals surface area contributed by atoms with Gasteiger partial charge in [0.15, 0.2) is 0 Å². The fraction of sp³-hybridized carbons (Fsp3) is 0.500. The van der Waals surface area contributed by atoms with Crippen LogP contribution in [0.2, 0.25) is 0 Å². The van der Waals surface area contributed by atoms with Crippen molar-refractivity contribution in [2.45, 2.75) is 36.5 Å². The van der Waals surface area contributed by atoms with Gasteiger partial charge in [-0.2, -0.15) is 0 Å². The number of nitrogens with one attached hydrogen (secondary N) is 1. The van der Waals surface area contributed by atoms with Gasteiger partial charge in [0.1, 0.15) is 0 Å². The predicted molar refractivity (Wildman–Crippen MR) is 73.2 cm³/mol. The molecule has 0 aliphatic heterocycles. The van der Waals surface area contributed by atoms with Crippen LogP contribution in [0.4, 0.5) is 0 Å². The van der Waals surface area contributed by atoms with Gasteiger partial charge in [0.05, 0.1) is 10.8 Å². The molecule has 0 aliphatic rings. The lowest BCUT2D eigenvalue weighted by molar-refractivity contribution is 0.554. The third-order valence-corrected chi connectivity index (χ3v) is 4.71. The van der Waals surface area contributed by atoms with Gasteiger partial charge in [-0.1, -0.05) is 28.9 Å². The fourth-order valence-corrected chi connectivity index (χ4v) is 3.46. The van der Waals surface area contributed by atoms with Crippen LogP contribution in [-0.4, -0.2) is 22.5 Å². The minimum absolute atomic E-state index is 0.164. The van der Waals surface area contributed by atoms with Crippen LogP contribution in [0, 0.1) is 0 Å². The van der Waals surface area contributed by atoms with Crippen LogP contribution >= 0.6 is 15.9 Å². The Hall–Kier alpha value is -0.190. The van der Waals surface area contributed by atoms with Crippen LogP contribution in [0.3, 0.4) is 0 Å². The average molecular weight is 304 g/mol.